The fourth-order valence-electron chi connectivity index (χ4n) is 1.01. The van der Waals surface area contributed by atoms with Crippen LogP contribution in [0.4, 0.5) is 5.69 Å². The van der Waals surface area contributed by atoms with E-state index < -0.39 is 5.97 Å². The Kier molecular flexibility index (Phi) is 4.54. The van der Waals surface area contributed by atoms with Gasteiger partial charge in [0, 0.05) is 16.9 Å². The molecule has 0 fully saturated rings. The number of hydrogen-bond donors (Lipinski definition) is 2. The van der Waals surface area contributed by atoms with Crippen LogP contribution in [0, 0.1) is 0 Å². The van der Waals surface area contributed by atoms with Gasteiger partial charge >= 0.3 is 5.97 Å². The lowest BCUT2D eigenvalue weighted by atomic mass is 10.3. The van der Waals surface area contributed by atoms with Gasteiger partial charge < -0.3 is 10.8 Å². The summed E-state index contributed by atoms with van der Waals surface area (Å²) in [5, 5.41) is 9.05. The maximum absolute atomic E-state index is 10.3. The molecule has 4 nitrogen and oxygen atoms in total. The normalized spacial score (nSPS) is 11.9. The molecule has 0 bridgehead atoms. The van der Waals surface area contributed by atoms with E-state index in [2.05, 4.69) is 4.99 Å². The Morgan fingerprint density at radius 1 is 1.56 bits per heavy atom. The van der Waals surface area contributed by atoms with Crippen molar-refractivity contribution in [1.29, 1.82) is 0 Å². The Bertz CT molecular complexity index is 441. The summed E-state index contributed by atoms with van der Waals surface area (Å²) in [5.74, 6) is -0.968. The number of hydrogen-bond acceptors (Lipinski definition) is 3. The minimum Gasteiger partial charge on any atom is -0.481 e. The quantitative estimate of drug-likeness (QED) is 0.791. The van der Waals surface area contributed by atoms with Gasteiger partial charge in [0.25, 0.3) is 0 Å². The van der Waals surface area contributed by atoms with Gasteiger partial charge in [-0.1, -0.05) is 17.7 Å². The van der Waals surface area contributed by atoms with Crippen LogP contribution < -0.4 is 5.73 Å². The molecule has 0 atom stereocenters. The highest BCUT2D eigenvalue weighted by Crippen LogP contribution is 2.17. The van der Waals surface area contributed by atoms with Crippen LogP contribution in [-0.4, -0.2) is 17.3 Å². The highest BCUT2D eigenvalue weighted by Gasteiger charge is 1.97. The number of carboxylic acids is 1. The monoisotopic (exact) mass is 238 g/mol. The van der Waals surface area contributed by atoms with Gasteiger partial charge in [-0.3, -0.25) is 9.79 Å². The Morgan fingerprint density at radius 3 is 2.94 bits per heavy atom. The van der Waals surface area contributed by atoms with Crippen LogP contribution in [0.1, 0.15) is 6.42 Å². The summed E-state index contributed by atoms with van der Waals surface area (Å²) in [7, 11) is 0. The lowest BCUT2D eigenvalue weighted by Crippen LogP contribution is -2.04. The Labute approximate surface area is 98.1 Å². The molecule has 0 aliphatic heterocycles. The van der Waals surface area contributed by atoms with Crippen LogP contribution in [0.25, 0.3) is 0 Å². The first-order chi connectivity index (χ1) is 7.58. The molecule has 0 radical (unpaired) electrons. The maximum atomic E-state index is 10.3. The first kappa shape index (κ1) is 12.3. The van der Waals surface area contributed by atoms with Gasteiger partial charge in [-0.05, 0) is 24.3 Å². The van der Waals surface area contributed by atoms with Gasteiger partial charge in [0.1, 0.15) is 0 Å². The van der Waals surface area contributed by atoms with Gasteiger partial charge in [-0.25, -0.2) is 0 Å². The van der Waals surface area contributed by atoms with Crippen molar-refractivity contribution >= 4 is 29.5 Å². The van der Waals surface area contributed by atoms with E-state index in [0.29, 0.717) is 10.7 Å². The summed E-state index contributed by atoms with van der Waals surface area (Å²) in [6.07, 6.45) is 2.71. The number of carbonyl (C=O) groups is 1. The molecule has 1 aromatic carbocycles. The molecule has 0 heterocycles. The lowest BCUT2D eigenvalue weighted by molar-refractivity contribution is -0.136. The summed E-state index contributed by atoms with van der Waals surface area (Å²) < 4.78 is 0. The molecular weight excluding hydrogens is 228 g/mol. The molecule has 1 rings (SSSR count). The highest BCUT2D eigenvalue weighted by molar-refractivity contribution is 6.30. The van der Waals surface area contributed by atoms with Crippen LogP contribution in [0.15, 0.2) is 41.0 Å². The average Bonchev–Trinajstić information content (AvgIpc) is 2.16. The molecule has 3 N–H and O–H groups in total. The molecule has 84 valence electrons. The van der Waals surface area contributed by atoms with Crippen LogP contribution >= 0.6 is 11.6 Å². The number of rotatable bonds is 4. The van der Waals surface area contributed by atoms with Crippen molar-refractivity contribution in [1.82, 2.24) is 0 Å². The minimum absolute atomic E-state index is 0.193. The second kappa shape index (κ2) is 5.92. The van der Waals surface area contributed by atoms with E-state index in [1.165, 1.54) is 12.3 Å². The highest BCUT2D eigenvalue weighted by atomic mass is 35.5. The predicted molar refractivity (Wildman–Crippen MR) is 64.1 cm³/mol. The second-order valence-electron chi connectivity index (χ2n) is 3.07. The Balaban J connectivity index is 2.64. The fraction of sp³-hybridized carbons (Fsp3) is 0.0909. The third-order valence-corrected chi connectivity index (χ3v) is 1.91. The van der Waals surface area contributed by atoms with Crippen LogP contribution in [0.3, 0.4) is 0 Å². The summed E-state index contributed by atoms with van der Waals surface area (Å²) >= 11 is 5.76. The van der Waals surface area contributed by atoms with E-state index in [9.17, 15) is 4.79 Å². The van der Waals surface area contributed by atoms with Crippen molar-refractivity contribution in [2.24, 2.45) is 10.7 Å². The number of nitrogens with zero attached hydrogens (tertiary/aromatic N) is 1. The Morgan fingerprint density at radius 2 is 2.31 bits per heavy atom. The molecule has 0 amide bonds. The number of aliphatic carboxylic acids is 1. The smallest absolute Gasteiger partial charge is 0.309 e. The molecule has 0 aliphatic rings. The van der Waals surface area contributed by atoms with E-state index in [1.54, 1.807) is 24.3 Å². The van der Waals surface area contributed by atoms with E-state index >= 15 is 0 Å². The lowest BCUT2D eigenvalue weighted by Gasteiger charge is -1.94. The number of aliphatic imine (C=N–C) groups is 1. The molecule has 0 saturated carbocycles. The number of nitrogens with two attached hydrogens (primary N) is 1. The van der Waals surface area contributed by atoms with Crippen molar-refractivity contribution in [3.05, 3.63) is 41.1 Å². The first-order valence-corrected chi connectivity index (χ1v) is 4.92. The average molecular weight is 239 g/mol. The molecule has 5 heteroatoms. The molecular formula is C11H11ClN2O2. The topological polar surface area (TPSA) is 75.7 Å². The number of benzene rings is 1. The summed E-state index contributed by atoms with van der Waals surface area (Å²) in [4.78, 5) is 14.4. The van der Waals surface area contributed by atoms with Crippen molar-refractivity contribution in [3.8, 4) is 0 Å². The number of halogens is 1. The molecule has 1 aromatic rings. The van der Waals surface area contributed by atoms with E-state index in [-0.39, 0.29) is 12.1 Å². The van der Waals surface area contributed by atoms with Gasteiger partial charge in [0.2, 0.25) is 0 Å². The molecule has 0 saturated heterocycles. The van der Waals surface area contributed by atoms with Crippen molar-refractivity contribution in [2.75, 3.05) is 0 Å². The van der Waals surface area contributed by atoms with Crippen molar-refractivity contribution in [3.63, 3.8) is 0 Å². The first-order valence-electron chi connectivity index (χ1n) is 4.54. The van der Waals surface area contributed by atoms with Gasteiger partial charge in [0.15, 0.2) is 0 Å². The van der Waals surface area contributed by atoms with E-state index in [1.807, 2.05) is 0 Å². The zero-order valence-electron chi connectivity index (χ0n) is 8.43. The Hall–Kier alpha value is -1.81. The second-order valence-corrected chi connectivity index (χ2v) is 3.51. The van der Waals surface area contributed by atoms with Gasteiger partial charge in [-0.2, -0.15) is 0 Å². The van der Waals surface area contributed by atoms with Crippen LogP contribution in [0.5, 0.6) is 0 Å². The molecule has 0 unspecified atom stereocenters. The van der Waals surface area contributed by atoms with Gasteiger partial charge in [0.05, 0.1) is 12.1 Å². The van der Waals surface area contributed by atoms with Crippen LogP contribution in [0.2, 0.25) is 5.02 Å². The summed E-state index contributed by atoms with van der Waals surface area (Å²) in [6, 6.07) is 7.00. The van der Waals surface area contributed by atoms with E-state index in [0.717, 1.165) is 0 Å². The summed E-state index contributed by atoms with van der Waals surface area (Å²) in [6.45, 7) is 0. The van der Waals surface area contributed by atoms with Gasteiger partial charge in [-0.15, -0.1) is 0 Å². The zero-order valence-corrected chi connectivity index (χ0v) is 9.19. The number of allylic oxidation sites excluding steroid dienone is 1. The maximum Gasteiger partial charge on any atom is 0.309 e. The van der Waals surface area contributed by atoms with Crippen molar-refractivity contribution in [2.45, 2.75) is 6.42 Å². The third-order valence-electron chi connectivity index (χ3n) is 1.68. The van der Waals surface area contributed by atoms with Crippen molar-refractivity contribution < 1.29 is 9.90 Å². The minimum atomic E-state index is -0.968. The molecule has 0 spiro atoms. The fourth-order valence-corrected chi connectivity index (χ4v) is 1.19. The third kappa shape index (κ3) is 4.61. The predicted octanol–water partition coefficient (Wildman–Crippen LogP) is 2.36. The standard InChI is InChI=1S/C11H11ClN2O2/c12-8-2-1-3-10(6-8)14-5-4-9(13)7-11(15)16/h1-6H,7,13H2,(H,15,16)/b9-4-,14-5?. The zero-order chi connectivity index (χ0) is 12.0. The van der Waals surface area contributed by atoms with Crippen LogP contribution in [-0.2, 0) is 4.79 Å². The number of carboxylic acid groups (broad SMARTS) is 1. The molecule has 0 aliphatic carbocycles. The SMILES string of the molecule is N/C(=C\C=Nc1cccc(Cl)c1)CC(=O)O. The largest absolute Gasteiger partial charge is 0.481 e. The molecule has 16 heavy (non-hydrogen) atoms. The summed E-state index contributed by atoms with van der Waals surface area (Å²) in [5.41, 5.74) is 6.37. The molecule has 0 aromatic heterocycles. The van der Waals surface area contributed by atoms with E-state index in [4.69, 9.17) is 22.4 Å².